The summed E-state index contributed by atoms with van der Waals surface area (Å²) in [5.41, 5.74) is 6.88. The molecule has 2 fully saturated rings. The highest BCUT2D eigenvalue weighted by atomic mass is 16.6. The molecular weight excluding hydrogens is 450 g/mol. The third-order valence-electron chi connectivity index (χ3n) is 5.68. The van der Waals surface area contributed by atoms with Crippen molar-refractivity contribution in [2.24, 2.45) is 5.73 Å². The summed E-state index contributed by atoms with van der Waals surface area (Å²) in [6, 6.07) is 6.06. The van der Waals surface area contributed by atoms with Gasteiger partial charge in [-0.05, 0) is 45.7 Å². The molecule has 0 unspecified atom stereocenters. The van der Waals surface area contributed by atoms with Crippen LogP contribution in [-0.4, -0.2) is 71.8 Å². The molecular formula is C24H33N7O4. The number of hydrogen-bond donors (Lipinski definition) is 3. The number of nitrogens with zero attached hydrogens (tertiary/aromatic N) is 4. The normalized spacial score (nSPS) is 16.0. The minimum atomic E-state index is -0.572. The summed E-state index contributed by atoms with van der Waals surface area (Å²) >= 11 is 0. The van der Waals surface area contributed by atoms with Crippen LogP contribution in [0.4, 0.5) is 27.9 Å². The number of benzene rings is 1. The zero-order chi connectivity index (χ0) is 25.2. The number of ether oxygens (including phenoxy) is 2. The van der Waals surface area contributed by atoms with Crippen LogP contribution in [0.25, 0.3) is 0 Å². The fraction of sp³-hybridized carbons (Fsp3) is 0.500. The van der Waals surface area contributed by atoms with Gasteiger partial charge < -0.3 is 35.6 Å². The standard InChI is InChI=1S/C24H33N7O4/c1-24(2,3)35-23(33)31-11-9-30(10-12-31)18-8-7-16(13-19(18)34-4)28-22-26-14-17(20(25)32)21(29-22)27-15-5-6-15/h7-8,13-15H,5-6,9-12H2,1-4H3,(H2,25,32)(H2,26,27,28,29). The Morgan fingerprint density at radius 1 is 1.14 bits per heavy atom. The van der Waals surface area contributed by atoms with E-state index in [2.05, 4.69) is 25.5 Å². The highest BCUT2D eigenvalue weighted by molar-refractivity contribution is 5.97. The number of hydrogen-bond acceptors (Lipinski definition) is 9. The molecule has 4 rings (SSSR count). The van der Waals surface area contributed by atoms with Crippen molar-refractivity contribution in [3.63, 3.8) is 0 Å². The van der Waals surface area contributed by atoms with E-state index in [9.17, 15) is 9.59 Å². The first-order chi connectivity index (χ1) is 16.6. The number of piperazine rings is 1. The van der Waals surface area contributed by atoms with E-state index in [1.165, 1.54) is 6.20 Å². The van der Waals surface area contributed by atoms with Gasteiger partial charge >= 0.3 is 6.09 Å². The zero-order valence-corrected chi connectivity index (χ0v) is 20.6. The van der Waals surface area contributed by atoms with Crippen LogP contribution in [0.1, 0.15) is 44.0 Å². The van der Waals surface area contributed by atoms with Gasteiger partial charge in [0, 0.05) is 50.2 Å². The second-order valence-electron chi connectivity index (χ2n) is 9.70. The first-order valence-corrected chi connectivity index (χ1v) is 11.7. The van der Waals surface area contributed by atoms with E-state index in [0.717, 1.165) is 24.2 Å². The molecule has 1 aromatic carbocycles. The van der Waals surface area contributed by atoms with Crippen LogP contribution in [0.15, 0.2) is 24.4 Å². The number of aromatic nitrogens is 2. The largest absolute Gasteiger partial charge is 0.495 e. The average molecular weight is 484 g/mol. The van der Waals surface area contributed by atoms with Gasteiger partial charge in [0.1, 0.15) is 17.2 Å². The Hall–Kier alpha value is -3.76. The Labute approximate surface area is 205 Å². The molecule has 4 N–H and O–H groups in total. The highest BCUT2D eigenvalue weighted by Crippen LogP contribution is 2.33. The molecule has 1 aliphatic heterocycles. The van der Waals surface area contributed by atoms with Crippen molar-refractivity contribution in [1.29, 1.82) is 0 Å². The minimum absolute atomic E-state index is 0.265. The minimum Gasteiger partial charge on any atom is -0.495 e. The summed E-state index contributed by atoms with van der Waals surface area (Å²) in [6.45, 7) is 8.05. The number of primary amides is 1. The molecule has 1 saturated carbocycles. The molecule has 11 nitrogen and oxygen atoms in total. The van der Waals surface area contributed by atoms with Crippen molar-refractivity contribution < 1.29 is 19.1 Å². The number of methoxy groups -OCH3 is 1. The van der Waals surface area contributed by atoms with Gasteiger partial charge in [0.25, 0.3) is 5.91 Å². The van der Waals surface area contributed by atoms with Crippen molar-refractivity contribution in [3.05, 3.63) is 30.0 Å². The topological polar surface area (TPSA) is 135 Å². The molecule has 188 valence electrons. The lowest BCUT2D eigenvalue weighted by molar-refractivity contribution is 0.0240. The number of nitrogens with two attached hydrogens (primary N) is 1. The Balaban J connectivity index is 1.44. The predicted octanol–water partition coefficient (Wildman–Crippen LogP) is 2.96. The molecule has 1 aliphatic carbocycles. The van der Waals surface area contributed by atoms with E-state index in [0.29, 0.717) is 49.7 Å². The summed E-state index contributed by atoms with van der Waals surface area (Å²) in [7, 11) is 1.62. The number of anilines is 4. The molecule has 0 bridgehead atoms. The molecule has 2 aromatic rings. The van der Waals surface area contributed by atoms with Gasteiger partial charge in [-0.25, -0.2) is 9.78 Å². The van der Waals surface area contributed by atoms with E-state index in [4.69, 9.17) is 15.2 Å². The molecule has 2 heterocycles. The van der Waals surface area contributed by atoms with Crippen molar-refractivity contribution in [1.82, 2.24) is 14.9 Å². The van der Waals surface area contributed by atoms with Crippen LogP contribution in [0.2, 0.25) is 0 Å². The van der Waals surface area contributed by atoms with Gasteiger partial charge in [-0.2, -0.15) is 4.98 Å². The van der Waals surface area contributed by atoms with E-state index in [1.807, 2.05) is 39.0 Å². The van der Waals surface area contributed by atoms with Gasteiger partial charge in [-0.1, -0.05) is 0 Å². The summed E-state index contributed by atoms with van der Waals surface area (Å²) < 4.78 is 11.1. The van der Waals surface area contributed by atoms with Crippen molar-refractivity contribution in [2.75, 3.05) is 48.8 Å². The third kappa shape index (κ3) is 6.23. The van der Waals surface area contributed by atoms with Gasteiger partial charge in [-0.3, -0.25) is 4.79 Å². The maximum Gasteiger partial charge on any atom is 0.410 e. The predicted molar refractivity (Wildman–Crippen MR) is 133 cm³/mol. The van der Waals surface area contributed by atoms with Crippen LogP contribution in [-0.2, 0) is 4.74 Å². The SMILES string of the molecule is COc1cc(Nc2ncc(C(N)=O)c(NC3CC3)n2)ccc1N1CCN(C(=O)OC(C)(C)C)CC1. The van der Waals surface area contributed by atoms with E-state index >= 15 is 0 Å². The van der Waals surface area contributed by atoms with Gasteiger partial charge in [0.2, 0.25) is 5.95 Å². The fourth-order valence-corrected chi connectivity index (χ4v) is 3.76. The number of nitrogens with one attached hydrogen (secondary N) is 2. The van der Waals surface area contributed by atoms with Gasteiger partial charge in [-0.15, -0.1) is 0 Å². The molecule has 1 aromatic heterocycles. The molecule has 1 saturated heterocycles. The third-order valence-corrected chi connectivity index (χ3v) is 5.68. The lowest BCUT2D eigenvalue weighted by Crippen LogP contribution is -2.50. The maximum atomic E-state index is 12.4. The van der Waals surface area contributed by atoms with Crippen molar-refractivity contribution >= 4 is 35.1 Å². The molecule has 0 radical (unpaired) electrons. The summed E-state index contributed by atoms with van der Waals surface area (Å²) in [4.78, 5) is 36.7. The van der Waals surface area contributed by atoms with Crippen molar-refractivity contribution in [3.8, 4) is 5.75 Å². The number of rotatable bonds is 7. The molecule has 11 heteroatoms. The first kappa shape index (κ1) is 24.4. The highest BCUT2D eigenvalue weighted by Gasteiger charge is 2.27. The molecule has 0 spiro atoms. The smallest absolute Gasteiger partial charge is 0.410 e. The van der Waals surface area contributed by atoms with Crippen LogP contribution in [0.5, 0.6) is 5.75 Å². The molecule has 35 heavy (non-hydrogen) atoms. The van der Waals surface area contributed by atoms with Gasteiger partial charge in [0.05, 0.1) is 18.4 Å². The summed E-state index contributed by atoms with van der Waals surface area (Å²) in [5.74, 6) is 0.895. The Morgan fingerprint density at radius 3 is 2.46 bits per heavy atom. The fourth-order valence-electron chi connectivity index (χ4n) is 3.76. The van der Waals surface area contributed by atoms with Crippen LogP contribution in [0.3, 0.4) is 0 Å². The second kappa shape index (κ2) is 9.85. The number of carbonyl (C=O) groups is 2. The second-order valence-corrected chi connectivity index (χ2v) is 9.70. The lowest BCUT2D eigenvalue weighted by atomic mass is 10.2. The van der Waals surface area contributed by atoms with Crippen LogP contribution < -0.4 is 26.0 Å². The van der Waals surface area contributed by atoms with E-state index < -0.39 is 11.5 Å². The lowest BCUT2D eigenvalue weighted by Gasteiger charge is -2.37. The van der Waals surface area contributed by atoms with E-state index in [-0.39, 0.29) is 11.7 Å². The molecule has 2 amide bonds. The molecule has 0 atom stereocenters. The van der Waals surface area contributed by atoms with Crippen LogP contribution >= 0.6 is 0 Å². The summed E-state index contributed by atoms with van der Waals surface area (Å²) in [6.07, 6.45) is 3.21. The molecule has 2 aliphatic rings. The Bertz CT molecular complexity index is 1090. The maximum absolute atomic E-state index is 12.4. The van der Waals surface area contributed by atoms with Crippen molar-refractivity contribution in [2.45, 2.75) is 45.3 Å². The first-order valence-electron chi connectivity index (χ1n) is 11.7. The zero-order valence-electron chi connectivity index (χ0n) is 20.6. The summed E-state index contributed by atoms with van der Waals surface area (Å²) in [5, 5.41) is 6.40. The van der Waals surface area contributed by atoms with Gasteiger partial charge in [0.15, 0.2) is 0 Å². The monoisotopic (exact) mass is 483 g/mol. The van der Waals surface area contributed by atoms with E-state index in [1.54, 1.807) is 12.0 Å². The number of carbonyl (C=O) groups excluding carboxylic acids is 2. The quantitative estimate of drug-likeness (QED) is 0.543. The van der Waals surface area contributed by atoms with Crippen LogP contribution in [0, 0.1) is 0 Å². The average Bonchev–Trinajstić information content (AvgIpc) is 3.62. The number of amides is 2. The Kier molecular flexibility index (Phi) is 6.86. The Morgan fingerprint density at radius 2 is 1.86 bits per heavy atom.